The van der Waals surface area contributed by atoms with E-state index in [9.17, 15) is 9.90 Å². The van der Waals surface area contributed by atoms with Gasteiger partial charge in [-0.2, -0.15) is 0 Å². The number of fused-ring (bicyclic) bond motifs is 2. The van der Waals surface area contributed by atoms with Crippen molar-refractivity contribution in [1.29, 1.82) is 0 Å². The average Bonchev–Trinajstić information content (AvgIpc) is 3.24. The van der Waals surface area contributed by atoms with Gasteiger partial charge in [-0.1, -0.05) is 12.1 Å². The molecule has 2 aromatic heterocycles. The smallest absolute Gasteiger partial charge is 0.330 e. The Balaban J connectivity index is 1.37. The van der Waals surface area contributed by atoms with Crippen LogP contribution in [0, 0.1) is 6.92 Å². The SMILES string of the molecule is Cc1cccc(NC(=O)n2ccc3cc(Oc4ncnc5c4CC(C)N(CCO)C5)ccc32)c1. The molecule has 1 aliphatic heterocycles. The lowest BCUT2D eigenvalue weighted by Crippen LogP contribution is -2.40. The lowest BCUT2D eigenvalue weighted by molar-refractivity contribution is 0.138. The standard InChI is InChI=1S/C26H27N5O3/c1-17-4-3-5-20(12-17)29-26(33)31-9-8-19-14-21(6-7-24(19)31)34-25-22-13-18(2)30(10-11-32)15-23(22)27-16-28-25/h3-9,12,14,16,18,32H,10-11,13,15H2,1-2H3,(H,29,33). The third-order valence-electron chi connectivity index (χ3n) is 6.22. The first kappa shape index (κ1) is 22.1. The first-order valence-corrected chi connectivity index (χ1v) is 11.4. The van der Waals surface area contributed by atoms with Crippen LogP contribution in [0.1, 0.15) is 23.7 Å². The summed E-state index contributed by atoms with van der Waals surface area (Å²) in [5, 5.41) is 13.1. The molecule has 0 bridgehead atoms. The third-order valence-corrected chi connectivity index (χ3v) is 6.22. The molecular weight excluding hydrogens is 430 g/mol. The van der Waals surface area contributed by atoms with Crippen LogP contribution in [0.25, 0.3) is 10.9 Å². The van der Waals surface area contributed by atoms with Gasteiger partial charge in [-0.15, -0.1) is 0 Å². The number of β-amino-alcohol motifs (C(OH)–C–C–N with tert-alkyl or cyclic N) is 1. The lowest BCUT2D eigenvalue weighted by atomic mass is 9.99. The first-order valence-electron chi connectivity index (χ1n) is 11.4. The van der Waals surface area contributed by atoms with Crippen molar-refractivity contribution in [3.05, 3.63) is 77.9 Å². The second kappa shape index (κ2) is 9.24. The van der Waals surface area contributed by atoms with E-state index in [1.807, 2.05) is 55.5 Å². The number of carbonyl (C=O) groups is 1. The summed E-state index contributed by atoms with van der Waals surface area (Å²) < 4.78 is 7.77. The van der Waals surface area contributed by atoms with E-state index < -0.39 is 0 Å². The van der Waals surface area contributed by atoms with Crippen LogP contribution in [-0.2, 0) is 13.0 Å². The highest BCUT2D eigenvalue weighted by molar-refractivity contribution is 5.98. The number of nitrogens with zero attached hydrogens (tertiary/aromatic N) is 4. The number of hydrogen-bond donors (Lipinski definition) is 2. The Hall–Kier alpha value is -3.75. The van der Waals surface area contributed by atoms with Gasteiger partial charge in [0.05, 0.1) is 17.8 Å². The Morgan fingerprint density at radius 2 is 2.09 bits per heavy atom. The molecule has 2 N–H and O–H groups in total. The fraction of sp³-hybridized carbons (Fsp3) is 0.269. The molecule has 8 nitrogen and oxygen atoms in total. The molecular formula is C26H27N5O3. The van der Waals surface area contributed by atoms with Gasteiger partial charge in [-0.05, 0) is 62.2 Å². The summed E-state index contributed by atoms with van der Waals surface area (Å²) in [5.41, 5.74) is 4.55. The van der Waals surface area contributed by atoms with Gasteiger partial charge in [-0.25, -0.2) is 14.8 Å². The Kier molecular flexibility index (Phi) is 6.00. The zero-order valence-electron chi connectivity index (χ0n) is 19.2. The van der Waals surface area contributed by atoms with Crippen molar-refractivity contribution in [3.63, 3.8) is 0 Å². The van der Waals surface area contributed by atoms with Gasteiger partial charge in [0.2, 0.25) is 5.88 Å². The molecule has 5 rings (SSSR count). The lowest BCUT2D eigenvalue weighted by Gasteiger charge is -2.33. The van der Waals surface area contributed by atoms with Gasteiger partial charge in [0.1, 0.15) is 12.1 Å². The zero-order valence-corrected chi connectivity index (χ0v) is 19.2. The van der Waals surface area contributed by atoms with E-state index in [2.05, 4.69) is 27.1 Å². The monoisotopic (exact) mass is 457 g/mol. The fourth-order valence-electron chi connectivity index (χ4n) is 4.44. The highest BCUT2D eigenvalue weighted by atomic mass is 16.5. The van der Waals surface area contributed by atoms with Crippen LogP contribution in [0.2, 0.25) is 0 Å². The van der Waals surface area contributed by atoms with E-state index in [4.69, 9.17) is 4.74 Å². The zero-order chi connectivity index (χ0) is 23.7. The molecule has 4 aromatic rings. The topological polar surface area (TPSA) is 92.5 Å². The molecule has 1 atom stereocenters. The van der Waals surface area contributed by atoms with Crippen LogP contribution in [0.5, 0.6) is 11.6 Å². The molecule has 0 radical (unpaired) electrons. The number of anilines is 1. The predicted octanol–water partition coefficient (Wildman–Crippen LogP) is 4.35. The number of rotatable bonds is 5. The molecule has 2 aromatic carbocycles. The van der Waals surface area contributed by atoms with Gasteiger partial charge in [0, 0.05) is 42.0 Å². The molecule has 0 saturated carbocycles. The van der Waals surface area contributed by atoms with Crippen LogP contribution in [-0.4, -0.2) is 49.8 Å². The van der Waals surface area contributed by atoms with Gasteiger partial charge in [0.25, 0.3) is 0 Å². The van der Waals surface area contributed by atoms with E-state index in [1.54, 1.807) is 10.8 Å². The molecule has 34 heavy (non-hydrogen) atoms. The highest BCUT2D eigenvalue weighted by Crippen LogP contribution is 2.32. The van der Waals surface area contributed by atoms with Crippen molar-refractivity contribution >= 4 is 22.6 Å². The van der Waals surface area contributed by atoms with Crippen molar-refractivity contribution in [1.82, 2.24) is 19.4 Å². The number of aliphatic hydroxyl groups excluding tert-OH is 1. The normalized spacial score (nSPS) is 15.8. The molecule has 0 fully saturated rings. The number of aromatic nitrogens is 3. The number of aliphatic hydroxyl groups is 1. The number of ether oxygens (including phenoxy) is 1. The Labute approximate surface area is 197 Å². The summed E-state index contributed by atoms with van der Waals surface area (Å²) in [6.07, 6.45) is 4.03. The molecule has 8 heteroatoms. The Morgan fingerprint density at radius 1 is 1.21 bits per heavy atom. The van der Waals surface area contributed by atoms with Gasteiger partial charge < -0.3 is 15.2 Å². The van der Waals surface area contributed by atoms with Crippen molar-refractivity contribution in [2.45, 2.75) is 32.9 Å². The number of hydrogen-bond acceptors (Lipinski definition) is 6. The van der Waals surface area contributed by atoms with Crippen LogP contribution in [0.4, 0.5) is 10.5 Å². The highest BCUT2D eigenvalue weighted by Gasteiger charge is 2.27. The quantitative estimate of drug-likeness (QED) is 0.463. The number of amides is 1. The second-order valence-corrected chi connectivity index (χ2v) is 8.66. The van der Waals surface area contributed by atoms with Crippen molar-refractivity contribution in [2.24, 2.45) is 0 Å². The van der Waals surface area contributed by atoms with E-state index in [-0.39, 0.29) is 18.7 Å². The molecule has 3 heterocycles. The maximum atomic E-state index is 12.8. The van der Waals surface area contributed by atoms with Crippen LogP contribution >= 0.6 is 0 Å². The summed E-state index contributed by atoms with van der Waals surface area (Å²) in [6.45, 7) is 5.52. The minimum absolute atomic E-state index is 0.122. The van der Waals surface area contributed by atoms with Crippen LogP contribution in [0.3, 0.4) is 0 Å². The van der Waals surface area contributed by atoms with Crippen molar-refractivity contribution in [3.8, 4) is 11.6 Å². The van der Waals surface area contributed by atoms with E-state index >= 15 is 0 Å². The predicted molar refractivity (Wildman–Crippen MR) is 130 cm³/mol. The number of nitrogens with one attached hydrogen (secondary N) is 1. The number of aryl methyl sites for hydroxylation is 1. The first-order chi connectivity index (χ1) is 16.5. The summed E-state index contributed by atoms with van der Waals surface area (Å²) in [5.74, 6) is 1.20. The van der Waals surface area contributed by atoms with Gasteiger partial charge in [-0.3, -0.25) is 9.47 Å². The van der Waals surface area contributed by atoms with Crippen LogP contribution < -0.4 is 10.1 Å². The molecule has 1 unspecified atom stereocenters. The van der Waals surface area contributed by atoms with Crippen molar-refractivity contribution in [2.75, 3.05) is 18.5 Å². The molecule has 1 aliphatic rings. The molecule has 1 amide bonds. The molecule has 0 spiro atoms. The summed E-state index contributed by atoms with van der Waals surface area (Å²) in [7, 11) is 0. The Bertz CT molecular complexity index is 1350. The van der Waals surface area contributed by atoms with Crippen LogP contribution in [0.15, 0.2) is 61.1 Å². The molecule has 0 aliphatic carbocycles. The summed E-state index contributed by atoms with van der Waals surface area (Å²) in [6, 6.07) is 15.3. The number of benzene rings is 2. The Morgan fingerprint density at radius 3 is 2.91 bits per heavy atom. The summed E-state index contributed by atoms with van der Waals surface area (Å²) in [4.78, 5) is 23.9. The fourth-order valence-corrected chi connectivity index (χ4v) is 4.44. The van der Waals surface area contributed by atoms with Crippen molar-refractivity contribution < 1.29 is 14.6 Å². The maximum Gasteiger partial charge on any atom is 0.330 e. The van der Waals surface area contributed by atoms with E-state index in [0.29, 0.717) is 24.7 Å². The van der Waals surface area contributed by atoms with Gasteiger partial charge in [0.15, 0.2) is 0 Å². The second-order valence-electron chi connectivity index (χ2n) is 8.66. The maximum absolute atomic E-state index is 12.8. The molecule has 174 valence electrons. The molecule has 0 saturated heterocycles. The summed E-state index contributed by atoms with van der Waals surface area (Å²) >= 11 is 0. The number of carbonyl (C=O) groups excluding carboxylic acids is 1. The third kappa shape index (κ3) is 4.37. The largest absolute Gasteiger partial charge is 0.439 e. The minimum atomic E-state index is -0.222. The average molecular weight is 458 g/mol. The van der Waals surface area contributed by atoms with E-state index in [0.717, 1.165) is 39.8 Å². The van der Waals surface area contributed by atoms with Gasteiger partial charge >= 0.3 is 6.03 Å². The van der Waals surface area contributed by atoms with E-state index in [1.165, 1.54) is 6.33 Å². The minimum Gasteiger partial charge on any atom is -0.439 e.